The molecule has 1 aromatic carbocycles. The first-order chi connectivity index (χ1) is 9.76. The van der Waals surface area contributed by atoms with Crippen LogP contribution in [0.3, 0.4) is 0 Å². The minimum absolute atomic E-state index is 0.210. The van der Waals surface area contributed by atoms with Gasteiger partial charge in [-0.3, -0.25) is 9.69 Å². The monoisotopic (exact) mass is 365 g/mol. The number of carbonyl (C=O) groups excluding carboxylic acids is 1. The van der Waals surface area contributed by atoms with E-state index < -0.39 is 12.7 Å². The summed E-state index contributed by atoms with van der Waals surface area (Å²) in [6.45, 7) is 0.0215. The van der Waals surface area contributed by atoms with Crippen molar-refractivity contribution in [3.05, 3.63) is 28.2 Å². The first kappa shape index (κ1) is 16.1. The Labute approximate surface area is 128 Å². The molecule has 0 atom stereocenters. The molecule has 1 aromatic rings. The van der Waals surface area contributed by atoms with Crippen LogP contribution in [0.25, 0.3) is 0 Å². The van der Waals surface area contributed by atoms with E-state index in [1.165, 1.54) is 9.80 Å². The van der Waals surface area contributed by atoms with Gasteiger partial charge in [-0.25, -0.2) is 0 Å². The van der Waals surface area contributed by atoms with E-state index in [0.717, 1.165) is 4.47 Å². The third-order valence-electron chi connectivity index (χ3n) is 3.31. The highest BCUT2D eigenvalue weighted by Crippen LogP contribution is 2.22. The molecule has 21 heavy (non-hydrogen) atoms. The average Bonchev–Trinajstić information content (AvgIpc) is 2.37. The highest BCUT2D eigenvalue weighted by Gasteiger charge is 2.33. The number of carbonyl (C=O) groups is 1. The van der Waals surface area contributed by atoms with Crippen molar-refractivity contribution < 1.29 is 18.0 Å². The molecule has 0 unspecified atom stereocenters. The van der Waals surface area contributed by atoms with Crippen molar-refractivity contribution in [3.63, 3.8) is 0 Å². The molecular formula is C13H15BrF3N3O. The maximum absolute atomic E-state index is 12.3. The summed E-state index contributed by atoms with van der Waals surface area (Å²) in [5.74, 6) is -0.244. The second kappa shape index (κ2) is 6.23. The fourth-order valence-electron chi connectivity index (χ4n) is 2.26. The van der Waals surface area contributed by atoms with Gasteiger partial charge < -0.3 is 10.6 Å². The number of alkyl halides is 3. The molecule has 0 bridgehead atoms. The summed E-state index contributed by atoms with van der Waals surface area (Å²) in [5.41, 5.74) is 6.53. The quantitative estimate of drug-likeness (QED) is 0.818. The van der Waals surface area contributed by atoms with Crippen LogP contribution in [-0.2, 0) is 0 Å². The predicted molar refractivity (Wildman–Crippen MR) is 77.0 cm³/mol. The Balaban J connectivity index is 1.97. The molecule has 0 aliphatic carbocycles. The van der Waals surface area contributed by atoms with Crippen LogP contribution in [0.5, 0.6) is 0 Å². The van der Waals surface area contributed by atoms with Crippen LogP contribution in [0.15, 0.2) is 22.7 Å². The number of piperazine rings is 1. The molecule has 2 rings (SSSR count). The van der Waals surface area contributed by atoms with E-state index in [-0.39, 0.29) is 32.1 Å². The zero-order chi connectivity index (χ0) is 15.6. The zero-order valence-electron chi connectivity index (χ0n) is 11.2. The number of nitrogen functional groups attached to an aromatic ring is 1. The Hall–Kier alpha value is -1.28. The molecule has 1 amide bonds. The van der Waals surface area contributed by atoms with Gasteiger partial charge >= 0.3 is 6.18 Å². The van der Waals surface area contributed by atoms with Crippen molar-refractivity contribution in [2.75, 3.05) is 38.5 Å². The summed E-state index contributed by atoms with van der Waals surface area (Å²) in [6, 6.07) is 4.96. The van der Waals surface area contributed by atoms with E-state index >= 15 is 0 Å². The number of hydrogen-bond acceptors (Lipinski definition) is 3. The zero-order valence-corrected chi connectivity index (χ0v) is 12.7. The van der Waals surface area contributed by atoms with Crippen LogP contribution in [0.4, 0.5) is 18.9 Å². The topological polar surface area (TPSA) is 49.6 Å². The number of amides is 1. The van der Waals surface area contributed by atoms with Crippen molar-refractivity contribution in [2.24, 2.45) is 0 Å². The lowest BCUT2D eigenvalue weighted by Crippen LogP contribution is -2.51. The van der Waals surface area contributed by atoms with Gasteiger partial charge in [0.25, 0.3) is 5.91 Å². The van der Waals surface area contributed by atoms with Gasteiger partial charge in [0, 0.05) is 36.3 Å². The Morgan fingerprint density at radius 2 is 1.86 bits per heavy atom. The molecule has 0 radical (unpaired) electrons. The summed E-state index contributed by atoms with van der Waals surface area (Å²) >= 11 is 3.26. The first-order valence-corrected chi connectivity index (χ1v) is 7.19. The van der Waals surface area contributed by atoms with Crippen LogP contribution in [0.2, 0.25) is 0 Å². The summed E-state index contributed by atoms with van der Waals surface area (Å²) < 4.78 is 37.7. The summed E-state index contributed by atoms with van der Waals surface area (Å²) in [6.07, 6.45) is -4.21. The van der Waals surface area contributed by atoms with E-state index in [2.05, 4.69) is 15.9 Å². The second-order valence-corrected chi connectivity index (χ2v) is 5.83. The van der Waals surface area contributed by atoms with Crippen LogP contribution < -0.4 is 5.73 Å². The van der Waals surface area contributed by atoms with Gasteiger partial charge in [-0.15, -0.1) is 0 Å². The molecule has 116 valence electrons. The molecule has 0 spiro atoms. The molecule has 2 N–H and O–H groups in total. The summed E-state index contributed by atoms with van der Waals surface area (Å²) in [4.78, 5) is 15.1. The van der Waals surface area contributed by atoms with Gasteiger partial charge in [0.15, 0.2) is 0 Å². The largest absolute Gasteiger partial charge is 0.401 e. The SMILES string of the molecule is Nc1cc(Br)ccc1C(=O)N1CCN(CC(F)(F)F)CC1. The molecule has 1 heterocycles. The van der Waals surface area contributed by atoms with E-state index in [1.54, 1.807) is 18.2 Å². The molecule has 4 nitrogen and oxygen atoms in total. The van der Waals surface area contributed by atoms with E-state index in [4.69, 9.17) is 5.73 Å². The maximum Gasteiger partial charge on any atom is 0.401 e. The van der Waals surface area contributed by atoms with E-state index in [0.29, 0.717) is 11.3 Å². The van der Waals surface area contributed by atoms with E-state index in [9.17, 15) is 18.0 Å². The third kappa shape index (κ3) is 4.34. The van der Waals surface area contributed by atoms with Crippen molar-refractivity contribution in [1.82, 2.24) is 9.80 Å². The highest BCUT2D eigenvalue weighted by atomic mass is 79.9. The van der Waals surface area contributed by atoms with Crippen molar-refractivity contribution >= 4 is 27.5 Å². The second-order valence-electron chi connectivity index (χ2n) is 4.92. The van der Waals surface area contributed by atoms with Crippen LogP contribution in [-0.4, -0.2) is 54.6 Å². The number of anilines is 1. The number of nitrogens with zero attached hydrogens (tertiary/aromatic N) is 2. The Bertz CT molecular complexity index is 528. The van der Waals surface area contributed by atoms with E-state index in [1.807, 2.05) is 0 Å². The van der Waals surface area contributed by atoms with Gasteiger partial charge in [0.2, 0.25) is 0 Å². The lowest BCUT2D eigenvalue weighted by atomic mass is 10.1. The van der Waals surface area contributed by atoms with Gasteiger partial charge in [0.1, 0.15) is 0 Å². The van der Waals surface area contributed by atoms with Gasteiger partial charge in [-0.05, 0) is 18.2 Å². The summed E-state index contributed by atoms with van der Waals surface area (Å²) in [5, 5.41) is 0. The Morgan fingerprint density at radius 1 is 1.24 bits per heavy atom. The molecule has 1 saturated heterocycles. The Morgan fingerprint density at radius 3 is 2.38 bits per heavy atom. The highest BCUT2D eigenvalue weighted by molar-refractivity contribution is 9.10. The van der Waals surface area contributed by atoms with Crippen molar-refractivity contribution in [1.29, 1.82) is 0 Å². The van der Waals surface area contributed by atoms with Gasteiger partial charge in [-0.1, -0.05) is 15.9 Å². The molecule has 1 aliphatic rings. The number of hydrogen-bond donors (Lipinski definition) is 1. The van der Waals surface area contributed by atoms with Crippen molar-refractivity contribution in [2.45, 2.75) is 6.18 Å². The molecular weight excluding hydrogens is 351 g/mol. The minimum atomic E-state index is -4.21. The maximum atomic E-state index is 12.3. The normalized spacial score (nSPS) is 17.0. The van der Waals surface area contributed by atoms with Gasteiger partial charge in [0.05, 0.1) is 12.1 Å². The fourth-order valence-corrected chi connectivity index (χ4v) is 2.64. The smallest absolute Gasteiger partial charge is 0.398 e. The average molecular weight is 366 g/mol. The molecule has 8 heteroatoms. The molecule has 0 saturated carbocycles. The van der Waals surface area contributed by atoms with Gasteiger partial charge in [-0.2, -0.15) is 13.2 Å². The van der Waals surface area contributed by atoms with Crippen LogP contribution in [0.1, 0.15) is 10.4 Å². The first-order valence-electron chi connectivity index (χ1n) is 6.40. The van der Waals surface area contributed by atoms with Crippen LogP contribution >= 0.6 is 15.9 Å². The Kier molecular flexibility index (Phi) is 4.77. The van der Waals surface area contributed by atoms with Crippen LogP contribution in [0, 0.1) is 0 Å². The lowest BCUT2D eigenvalue weighted by molar-refractivity contribution is -0.148. The molecule has 1 fully saturated rings. The van der Waals surface area contributed by atoms with Crippen molar-refractivity contribution in [3.8, 4) is 0 Å². The molecule has 1 aliphatic heterocycles. The number of nitrogens with two attached hydrogens (primary N) is 1. The fraction of sp³-hybridized carbons (Fsp3) is 0.462. The third-order valence-corrected chi connectivity index (χ3v) is 3.80. The summed E-state index contributed by atoms with van der Waals surface area (Å²) in [7, 11) is 0. The lowest BCUT2D eigenvalue weighted by Gasteiger charge is -2.35. The number of benzene rings is 1. The number of rotatable bonds is 2. The standard InChI is InChI=1S/C13H15BrF3N3O/c14-9-1-2-10(11(18)7-9)12(21)20-5-3-19(4-6-20)8-13(15,16)17/h1-2,7H,3-6,8,18H2. The predicted octanol–water partition coefficient (Wildman–Crippen LogP) is 2.35. The number of halogens is 4. The molecule has 0 aromatic heterocycles. The minimum Gasteiger partial charge on any atom is -0.398 e.